The zero-order chi connectivity index (χ0) is 16.1. The van der Waals surface area contributed by atoms with Crippen LogP contribution >= 0.6 is 0 Å². The summed E-state index contributed by atoms with van der Waals surface area (Å²) in [6.45, 7) is 0. The van der Waals surface area contributed by atoms with Gasteiger partial charge in [0, 0.05) is 5.69 Å². The van der Waals surface area contributed by atoms with Gasteiger partial charge in [-0.05, 0) is 29.7 Å². The van der Waals surface area contributed by atoms with Crippen molar-refractivity contribution in [2.75, 3.05) is 10.5 Å². The lowest BCUT2D eigenvalue weighted by atomic mass is 10.1. The third-order valence-corrected chi connectivity index (χ3v) is 4.76. The summed E-state index contributed by atoms with van der Waals surface area (Å²) in [5.41, 5.74) is 3.41. The summed E-state index contributed by atoms with van der Waals surface area (Å²) in [6, 6.07) is 16.8. The molecule has 23 heavy (non-hydrogen) atoms. The molecule has 118 valence electrons. The number of rotatable bonds is 6. The molecule has 5 nitrogen and oxygen atoms in total. The Labute approximate surface area is 135 Å². The van der Waals surface area contributed by atoms with Crippen LogP contribution in [0.5, 0.6) is 0 Å². The fraction of sp³-hybridized carbons (Fsp3) is 0.118. The molecule has 0 aliphatic rings. The summed E-state index contributed by atoms with van der Waals surface area (Å²) < 4.78 is 26.9. The SMILES string of the molecule is O=S(=O)(CCc1ccccc1)Nc1ccc(-c2cnc[nH]2)cc1. The van der Waals surface area contributed by atoms with E-state index in [1.54, 1.807) is 24.7 Å². The van der Waals surface area contributed by atoms with Crippen molar-refractivity contribution in [2.45, 2.75) is 6.42 Å². The zero-order valence-electron chi connectivity index (χ0n) is 12.4. The Morgan fingerprint density at radius 3 is 2.39 bits per heavy atom. The molecular formula is C17H17N3O2S. The van der Waals surface area contributed by atoms with E-state index in [0.29, 0.717) is 12.1 Å². The monoisotopic (exact) mass is 327 g/mol. The summed E-state index contributed by atoms with van der Waals surface area (Å²) in [4.78, 5) is 6.98. The minimum Gasteiger partial charge on any atom is -0.345 e. The van der Waals surface area contributed by atoms with Crippen LogP contribution in [0.25, 0.3) is 11.3 Å². The fourth-order valence-corrected chi connectivity index (χ4v) is 3.36. The van der Waals surface area contributed by atoms with Crippen molar-refractivity contribution in [3.63, 3.8) is 0 Å². The first-order valence-electron chi connectivity index (χ1n) is 7.26. The maximum Gasteiger partial charge on any atom is 0.233 e. The quantitative estimate of drug-likeness (QED) is 0.730. The molecule has 0 fully saturated rings. The summed E-state index contributed by atoms with van der Waals surface area (Å²) in [7, 11) is -3.37. The van der Waals surface area contributed by atoms with Crippen LogP contribution in [0.4, 0.5) is 5.69 Å². The predicted octanol–water partition coefficient (Wildman–Crippen LogP) is 3.06. The number of aromatic amines is 1. The highest BCUT2D eigenvalue weighted by molar-refractivity contribution is 7.92. The van der Waals surface area contributed by atoms with Crippen LogP contribution in [0.1, 0.15) is 5.56 Å². The van der Waals surface area contributed by atoms with Gasteiger partial charge in [-0.25, -0.2) is 13.4 Å². The van der Waals surface area contributed by atoms with Crippen molar-refractivity contribution in [1.82, 2.24) is 9.97 Å². The molecule has 1 heterocycles. The molecule has 0 atom stereocenters. The van der Waals surface area contributed by atoms with Crippen LogP contribution in [-0.2, 0) is 16.4 Å². The van der Waals surface area contributed by atoms with Crippen molar-refractivity contribution >= 4 is 15.7 Å². The second-order valence-electron chi connectivity index (χ2n) is 5.20. The van der Waals surface area contributed by atoms with Crippen molar-refractivity contribution < 1.29 is 8.42 Å². The molecule has 3 aromatic rings. The molecule has 2 N–H and O–H groups in total. The van der Waals surface area contributed by atoms with Crippen LogP contribution in [0.3, 0.4) is 0 Å². The Bertz CT molecular complexity index is 843. The molecule has 2 aromatic carbocycles. The van der Waals surface area contributed by atoms with Gasteiger partial charge in [0.2, 0.25) is 10.0 Å². The largest absolute Gasteiger partial charge is 0.345 e. The lowest BCUT2D eigenvalue weighted by Crippen LogP contribution is -2.18. The summed E-state index contributed by atoms with van der Waals surface area (Å²) in [5.74, 6) is 0.0549. The van der Waals surface area contributed by atoms with E-state index in [-0.39, 0.29) is 5.75 Å². The number of nitrogens with one attached hydrogen (secondary N) is 2. The third-order valence-electron chi connectivity index (χ3n) is 3.47. The van der Waals surface area contributed by atoms with E-state index in [9.17, 15) is 8.42 Å². The standard InChI is InChI=1S/C17H17N3O2S/c21-23(22,11-10-14-4-2-1-3-5-14)20-16-8-6-15(7-9-16)17-12-18-13-19-17/h1-9,12-13,20H,10-11H2,(H,18,19). The number of imidazole rings is 1. The average molecular weight is 327 g/mol. The number of aryl methyl sites for hydroxylation is 1. The molecule has 0 amide bonds. The fourth-order valence-electron chi connectivity index (χ4n) is 2.26. The molecule has 0 aliphatic heterocycles. The molecule has 0 saturated carbocycles. The maximum absolute atomic E-state index is 12.2. The van der Waals surface area contributed by atoms with Gasteiger partial charge in [0.1, 0.15) is 0 Å². The van der Waals surface area contributed by atoms with E-state index in [4.69, 9.17) is 0 Å². The number of sulfonamides is 1. The van der Waals surface area contributed by atoms with Crippen LogP contribution in [0, 0.1) is 0 Å². The second-order valence-corrected chi connectivity index (χ2v) is 7.04. The molecule has 0 radical (unpaired) electrons. The van der Waals surface area contributed by atoms with E-state index in [2.05, 4.69) is 14.7 Å². The molecule has 0 aliphatic carbocycles. The van der Waals surface area contributed by atoms with Crippen LogP contribution < -0.4 is 4.72 Å². The normalized spacial score (nSPS) is 11.3. The van der Waals surface area contributed by atoms with Gasteiger partial charge in [-0.3, -0.25) is 4.72 Å². The Hall–Kier alpha value is -2.60. The van der Waals surface area contributed by atoms with Crippen LogP contribution in [0.2, 0.25) is 0 Å². The van der Waals surface area contributed by atoms with Crippen molar-refractivity contribution in [2.24, 2.45) is 0 Å². The lowest BCUT2D eigenvalue weighted by Gasteiger charge is -2.08. The van der Waals surface area contributed by atoms with Crippen LogP contribution in [0.15, 0.2) is 67.1 Å². The molecular weight excluding hydrogens is 310 g/mol. The van der Waals surface area contributed by atoms with Gasteiger partial charge in [-0.15, -0.1) is 0 Å². The minimum absolute atomic E-state index is 0.0549. The van der Waals surface area contributed by atoms with E-state index in [1.807, 2.05) is 42.5 Å². The van der Waals surface area contributed by atoms with Crippen molar-refractivity contribution in [3.8, 4) is 11.3 Å². The van der Waals surface area contributed by atoms with Gasteiger partial charge in [0.05, 0.1) is 24.0 Å². The highest BCUT2D eigenvalue weighted by Gasteiger charge is 2.11. The highest BCUT2D eigenvalue weighted by atomic mass is 32.2. The predicted molar refractivity (Wildman–Crippen MR) is 91.6 cm³/mol. The molecule has 0 spiro atoms. The Morgan fingerprint density at radius 2 is 1.74 bits per heavy atom. The first-order chi connectivity index (χ1) is 11.1. The van der Waals surface area contributed by atoms with E-state index in [1.165, 1.54) is 0 Å². The number of aromatic nitrogens is 2. The van der Waals surface area contributed by atoms with E-state index < -0.39 is 10.0 Å². The molecule has 6 heteroatoms. The van der Waals surface area contributed by atoms with Gasteiger partial charge in [-0.1, -0.05) is 42.5 Å². The third kappa shape index (κ3) is 4.20. The van der Waals surface area contributed by atoms with Gasteiger partial charge >= 0.3 is 0 Å². The minimum atomic E-state index is -3.37. The summed E-state index contributed by atoms with van der Waals surface area (Å²) >= 11 is 0. The highest BCUT2D eigenvalue weighted by Crippen LogP contribution is 2.19. The number of hydrogen-bond acceptors (Lipinski definition) is 3. The lowest BCUT2D eigenvalue weighted by molar-refractivity contribution is 0.600. The van der Waals surface area contributed by atoms with Crippen LogP contribution in [-0.4, -0.2) is 24.1 Å². The molecule has 0 saturated heterocycles. The maximum atomic E-state index is 12.2. The molecule has 1 aromatic heterocycles. The first-order valence-corrected chi connectivity index (χ1v) is 8.91. The van der Waals surface area contributed by atoms with E-state index >= 15 is 0 Å². The van der Waals surface area contributed by atoms with Gasteiger partial charge in [-0.2, -0.15) is 0 Å². The molecule has 0 unspecified atom stereocenters. The summed E-state index contributed by atoms with van der Waals surface area (Å²) in [6.07, 6.45) is 3.82. The van der Waals surface area contributed by atoms with Gasteiger partial charge < -0.3 is 4.98 Å². The Kier molecular flexibility index (Phi) is 4.43. The number of H-pyrrole nitrogens is 1. The van der Waals surface area contributed by atoms with E-state index in [0.717, 1.165) is 16.8 Å². The summed E-state index contributed by atoms with van der Waals surface area (Å²) in [5, 5.41) is 0. The van der Waals surface area contributed by atoms with Crippen molar-refractivity contribution in [1.29, 1.82) is 0 Å². The Morgan fingerprint density at radius 1 is 1.00 bits per heavy atom. The second kappa shape index (κ2) is 6.66. The van der Waals surface area contributed by atoms with Crippen molar-refractivity contribution in [3.05, 3.63) is 72.7 Å². The topological polar surface area (TPSA) is 74.8 Å². The first kappa shape index (κ1) is 15.3. The Balaban J connectivity index is 1.63. The van der Waals surface area contributed by atoms with Gasteiger partial charge in [0.15, 0.2) is 0 Å². The molecule has 0 bridgehead atoms. The van der Waals surface area contributed by atoms with Gasteiger partial charge in [0.25, 0.3) is 0 Å². The molecule has 3 rings (SSSR count). The number of hydrogen-bond donors (Lipinski definition) is 2. The number of nitrogens with zero attached hydrogens (tertiary/aromatic N) is 1. The smallest absolute Gasteiger partial charge is 0.233 e. The zero-order valence-corrected chi connectivity index (χ0v) is 13.3. The average Bonchev–Trinajstić information content (AvgIpc) is 3.09. The number of anilines is 1. The number of benzene rings is 2.